The van der Waals surface area contributed by atoms with Crippen molar-refractivity contribution in [3.8, 4) is 11.3 Å². The first-order chi connectivity index (χ1) is 19.4. The van der Waals surface area contributed by atoms with Gasteiger partial charge in [-0.2, -0.15) is 5.10 Å². The van der Waals surface area contributed by atoms with E-state index in [1.165, 1.54) is 17.3 Å². The molecule has 206 valence electrons. The summed E-state index contributed by atoms with van der Waals surface area (Å²) < 4.78 is 2.83. The number of benzene rings is 2. The number of alkyl halides is 1. The van der Waals surface area contributed by atoms with Crippen LogP contribution in [-0.4, -0.2) is 48.1 Å². The Labute approximate surface area is 246 Å². The fraction of sp³-hybridized carbons (Fsp3) is 0.258. The van der Waals surface area contributed by atoms with Crippen LogP contribution in [0.25, 0.3) is 22.2 Å². The Morgan fingerprint density at radius 1 is 1.07 bits per heavy atom. The first-order valence-electron chi connectivity index (χ1n) is 13.4. The van der Waals surface area contributed by atoms with Crippen molar-refractivity contribution in [1.29, 1.82) is 0 Å². The second-order valence-electron chi connectivity index (χ2n) is 10.1. The minimum absolute atomic E-state index is 0.230. The van der Waals surface area contributed by atoms with Gasteiger partial charge in [-0.05, 0) is 55.3 Å². The number of aryl methyl sites for hydroxylation is 1. The van der Waals surface area contributed by atoms with Gasteiger partial charge in [-0.25, -0.2) is 0 Å². The molecule has 5 rings (SSSR count). The number of carbonyl (C=O) groups is 1. The first kappa shape index (κ1) is 27.9. The summed E-state index contributed by atoms with van der Waals surface area (Å²) in [5.74, 6) is -0.294. The van der Waals surface area contributed by atoms with Crippen molar-refractivity contribution in [2.75, 3.05) is 22.8 Å². The van der Waals surface area contributed by atoms with Gasteiger partial charge in [0.15, 0.2) is 0 Å². The van der Waals surface area contributed by atoms with Crippen LogP contribution in [0.1, 0.15) is 40.4 Å². The lowest BCUT2D eigenvalue weighted by Gasteiger charge is -2.20. The number of rotatable bonds is 11. The van der Waals surface area contributed by atoms with E-state index in [4.69, 9.17) is 0 Å². The molecule has 0 bridgehead atoms. The molecule has 0 aliphatic carbocycles. The van der Waals surface area contributed by atoms with Crippen LogP contribution in [0.3, 0.4) is 0 Å². The number of hydrogen-bond acceptors (Lipinski definition) is 4. The van der Waals surface area contributed by atoms with Gasteiger partial charge in [-0.1, -0.05) is 65.4 Å². The van der Waals surface area contributed by atoms with Gasteiger partial charge >= 0.3 is 0 Å². The number of halogens is 1. The van der Waals surface area contributed by atoms with E-state index in [1.807, 2.05) is 13.0 Å². The summed E-state index contributed by atoms with van der Waals surface area (Å²) in [5.41, 5.74) is 6.39. The number of hydrogen-bond donors (Lipinski definition) is 3. The van der Waals surface area contributed by atoms with Crippen LogP contribution >= 0.6 is 22.6 Å². The van der Waals surface area contributed by atoms with Crippen molar-refractivity contribution < 1.29 is 4.79 Å². The maximum Gasteiger partial charge on any atom is 0.258 e. The quantitative estimate of drug-likeness (QED) is 0.121. The zero-order chi connectivity index (χ0) is 28.1. The van der Waals surface area contributed by atoms with E-state index < -0.39 is 0 Å². The maximum atomic E-state index is 12.9. The van der Waals surface area contributed by atoms with Crippen LogP contribution in [0, 0.1) is 6.92 Å². The topological polar surface area (TPSA) is 98.8 Å². The monoisotopic (exact) mass is 648 g/mol. The first-order valence-corrected chi connectivity index (χ1v) is 15.0. The number of aromatic amines is 2. The number of amides is 1. The molecule has 2 aromatic carbocycles. The van der Waals surface area contributed by atoms with Gasteiger partial charge in [0.05, 0.1) is 35.2 Å². The van der Waals surface area contributed by atoms with Crippen molar-refractivity contribution in [1.82, 2.24) is 24.6 Å². The van der Waals surface area contributed by atoms with Gasteiger partial charge < -0.3 is 15.3 Å². The molecule has 3 N–H and O–H groups in total. The van der Waals surface area contributed by atoms with Crippen LogP contribution < -0.4 is 10.9 Å². The lowest BCUT2D eigenvalue weighted by Crippen LogP contribution is -2.25. The predicted octanol–water partition coefficient (Wildman–Crippen LogP) is 5.98. The molecule has 8 nitrogen and oxygen atoms in total. The molecule has 0 aliphatic heterocycles. The van der Waals surface area contributed by atoms with Crippen molar-refractivity contribution in [3.63, 3.8) is 0 Å². The highest BCUT2D eigenvalue weighted by Gasteiger charge is 2.14. The van der Waals surface area contributed by atoms with Gasteiger partial charge in [0.1, 0.15) is 0 Å². The molecule has 1 amide bonds. The van der Waals surface area contributed by atoms with Crippen molar-refractivity contribution in [2.24, 2.45) is 0 Å². The minimum Gasteiger partial charge on any atom is -0.354 e. The Kier molecular flexibility index (Phi) is 8.81. The second kappa shape index (κ2) is 12.6. The lowest BCUT2D eigenvalue weighted by molar-refractivity contribution is 0.102. The molecule has 3 aromatic heterocycles. The van der Waals surface area contributed by atoms with Gasteiger partial charge in [0.2, 0.25) is 0 Å². The maximum absolute atomic E-state index is 12.9. The van der Waals surface area contributed by atoms with E-state index in [-0.39, 0.29) is 11.5 Å². The summed E-state index contributed by atoms with van der Waals surface area (Å²) in [4.78, 5) is 34.3. The summed E-state index contributed by atoms with van der Waals surface area (Å²) >= 11 is 2.42. The molecule has 9 heteroatoms. The summed E-state index contributed by atoms with van der Waals surface area (Å²) in [5, 5.41) is 8.27. The highest BCUT2D eigenvalue weighted by molar-refractivity contribution is 14.1. The van der Waals surface area contributed by atoms with E-state index >= 15 is 0 Å². The number of carbonyl (C=O) groups excluding carboxylic acids is 1. The van der Waals surface area contributed by atoms with E-state index in [0.29, 0.717) is 29.1 Å². The number of anilines is 1. The number of fused-ring (bicyclic) bond motifs is 1. The predicted molar refractivity (Wildman–Crippen MR) is 169 cm³/mol. The minimum atomic E-state index is -0.294. The van der Waals surface area contributed by atoms with Crippen LogP contribution in [0.2, 0.25) is 0 Å². The molecule has 0 aliphatic rings. The number of H-pyrrole nitrogens is 2. The van der Waals surface area contributed by atoms with Crippen LogP contribution in [0.4, 0.5) is 5.69 Å². The van der Waals surface area contributed by atoms with Crippen molar-refractivity contribution in [2.45, 2.75) is 33.4 Å². The smallest absolute Gasteiger partial charge is 0.258 e. The summed E-state index contributed by atoms with van der Waals surface area (Å²) in [6, 6.07) is 18.3. The zero-order valence-electron chi connectivity index (χ0n) is 22.7. The number of nitrogens with one attached hydrogen (secondary N) is 3. The Morgan fingerprint density at radius 2 is 1.88 bits per heavy atom. The molecule has 0 spiro atoms. The van der Waals surface area contributed by atoms with Crippen LogP contribution in [0.15, 0.2) is 78.0 Å². The van der Waals surface area contributed by atoms with Gasteiger partial charge in [-0.3, -0.25) is 19.2 Å². The highest BCUT2D eigenvalue weighted by atomic mass is 127. The largest absolute Gasteiger partial charge is 0.354 e. The molecule has 40 heavy (non-hydrogen) atoms. The standard InChI is InChI=1S/C31H33IN6O2/c1-3-11-37(12-10-32)18-23-8-9-28-24(13-23)14-29(36-28)27-15-26(17-33-31(27)40)35-30(39)25-16-34-38(20-25)19-22-6-4-21(2)5-7-22/h4-9,13-17,20,36H,3,10-12,18-19H2,1-2H3,(H,33,40)(H,35,39). The lowest BCUT2D eigenvalue weighted by atomic mass is 10.1. The molecule has 0 saturated carbocycles. The fourth-order valence-corrected chi connectivity index (χ4v) is 5.48. The summed E-state index contributed by atoms with van der Waals surface area (Å²) in [6.07, 6.45) is 5.90. The molecule has 0 unspecified atom stereocenters. The Morgan fingerprint density at radius 3 is 2.65 bits per heavy atom. The van der Waals surface area contributed by atoms with Crippen LogP contribution in [-0.2, 0) is 13.1 Å². The van der Waals surface area contributed by atoms with E-state index in [2.05, 4.69) is 97.3 Å². The van der Waals surface area contributed by atoms with E-state index in [0.717, 1.165) is 46.9 Å². The third-order valence-corrected chi connectivity index (χ3v) is 7.33. The Hall–Kier alpha value is -3.70. The molecule has 0 fully saturated rings. The molecule has 0 radical (unpaired) electrons. The average molecular weight is 649 g/mol. The normalized spacial score (nSPS) is 11.4. The highest BCUT2D eigenvalue weighted by Crippen LogP contribution is 2.25. The SMILES string of the molecule is CCCN(CCI)Cc1ccc2[nH]c(-c3cc(NC(=O)c4cnn(Cc5ccc(C)cc5)c4)c[nH]c3=O)cc2c1. The van der Waals surface area contributed by atoms with E-state index in [9.17, 15) is 9.59 Å². The molecule has 0 atom stereocenters. The van der Waals surface area contributed by atoms with E-state index in [1.54, 1.807) is 23.1 Å². The van der Waals surface area contributed by atoms with Gasteiger partial charge in [0, 0.05) is 40.8 Å². The average Bonchev–Trinajstić information content (AvgIpc) is 3.58. The van der Waals surface area contributed by atoms with Crippen molar-refractivity contribution in [3.05, 3.63) is 106 Å². The third-order valence-electron chi connectivity index (χ3n) is 6.84. The zero-order valence-corrected chi connectivity index (χ0v) is 24.9. The second-order valence-corrected chi connectivity index (χ2v) is 11.1. The Bertz CT molecular complexity index is 1660. The summed E-state index contributed by atoms with van der Waals surface area (Å²) in [7, 11) is 0. The van der Waals surface area contributed by atoms with Crippen molar-refractivity contribution >= 4 is 45.1 Å². The number of aromatic nitrogens is 4. The summed E-state index contributed by atoms with van der Waals surface area (Å²) in [6.45, 7) is 7.86. The molecular weight excluding hydrogens is 615 g/mol. The fourth-order valence-electron chi connectivity index (χ4n) is 4.80. The third kappa shape index (κ3) is 6.71. The van der Waals surface area contributed by atoms with Gasteiger partial charge in [0.25, 0.3) is 11.5 Å². The molecule has 5 aromatic rings. The number of nitrogens with zero attached hydrogens (tertiary/aromatic N) is 3. The molecule has 0 saturated heterocycles. The Balaban J connectivity index is 1.31. The molecular formula is C31H33IN6O2. The van der Waals surface area contributed by atoms with Crippen LogP contribution in [0.5, 0.6) is 0 Å². The van der Waals surface area contributed by atoms with Gasteiger partial charge in [-0.15, -0.1) is 0 Å². The number of pyridine rings is 1. The molecule has 3 heterocycles.